The molecule has 5 nitrogen and oxygen atoms in total. The zero-order chi connectivity index (χ0) is 16.2. The van der Waals surface area contributed by atoms with Gasteiger partial charge >= 0.3 is 0 Å². The Kier molecular flexibility index (Phi) is 5.05. The molecule has 0 radical (unpaired) electrons. The number of aliphatic hydroxyl groups excluding tert-OH is 2. The van der Waals surface area contributed by atoms with Gasteiger partial charge in [-0.3, -0.25) is 9.58 Å². The lowest BCUT2D eigenvalue weighted by Crippen LogP contribution is -2.25. The molecule has 2 N–H and O–H groups in total. The average molecular weight is 319 g/mol. The minimum Gasteiger partial charge on any atom is -0.393 e. The normalized spacial score (nSPS) is 16.8. The summed E-state index contributed by atoms with van der Waals surface area (Å²) >= 11 is 0. The lowest BCUT2D eigenvalue weighted by Gasteiger charge is -2.19. The maximum Gasteiger partial charge on any atom is 0.123 e. The number of hydrogen-bond acceptors (Lipinski definition) is 4. The molecule has 1 aromatic carbocycles. The van der Waals surface area contributed by atoms with Crippen LogP contribution in [0.25, 0.3) is 0 Å². The Bertz CT molecular complexity index is 659. The number of aryl methyl sites for hydroxylation is 1. The summed E-state index contributed by atoms with van der Waals surface area (Å²) in [5.41, 5.74) is 2.57. The van der Waals surface area contributed by atoms with Gasteiger partial charge in [0.25, 0.3) is 0 Å². The highest BCUT2D eigenvalue weighted by Gasteiger charge is 2.19. The van der Waals surface area contributed by atoms with Crippen molar-refractivity contribution in [1.29, 1.82) is 0 Å². The molecule has 0 bridgehead atoms. The molecule has 3 rings (SSSR count). The number of hydrogen-bond donors (Lipinski definition) is 2. The van der Waals surface area contributed by atoms with Crippen LogP contribution in [0.3, 0.4) is 0 Å². The second-order valence-electron chi connectivity index (χ2n) is 5.99. The Labute approximate surface area is 135 Å². The van der Waals surface area contributed by atoms with Crippen LogP contribution in [-0.4, -0.2) is 44.6 Å². The third kappa shape index (κ3) is 3.96. The number of halogens is 1. The van der Waals surface area contributed by atoms with Crippen LogP contribution in [-0.2, 0) is 19.5 Å². The van der Waals surface area contributed by atoms with Crippen molar-refractivity contribution in [2.75, 3.05) is 19.7 Å². The Morgan fingerprint density at radius 1 is 1.26 bits per heavy atom. The molecule has 0 saturated heterocycles. The number of fused-ring (bicyclic) bond motifs is 1. The van der Waals surface area contributed by atoms with E-state index in [1.165, 1.54) is 6.07 Å². The summed E-state index contributed by atoms with van der Waals surface area (Å²) in [6.45, 7) is 3.06. The van der Waals surface area contributed by atoms with Crippen molar-refractivity contribution in [3.8, 4) is 0 Å². The van der Waals surface area contributed by atoms with E-state index in [4.69, 9.17) is 5.11 Å². The van der Waals surface area contributed by atoms with E-state index < -0.39 is 6.10 Å². The van der Waals surface area contributed by atoms with Gasteiger partial charge in [-0.1, -0.05) is 12.1 Å². The molecule has 1 aromatic heterocycles. The van der Waals surface area contributed by atoms with Gasteiger partial charge in [-0.2, -0.15) is 5.10 Å². The van der Waals surface area contributed by atoms with Crippen LogP contribution in [0.2, 0.25) is 0 Å². The fourth-order valence-corrected chi connectivity index (χ4v) is 2.98. The molecule has 2 aromatic rings. The highest BCUT2D eigenvalue weighted by Crippen LogP contribution is 2.18. The van der Waals surface area contributed by atoms with Gasteiger partial charge in [0.05, 0.1) is 18.0 Å². The number of rotatable bonds is 5. The monoisotopic (exact) mass is 319 g/mol. The molecule has 0 fully saturated rings. The van der Waals surface area contributed by atoms with Crippen LogP contribution < -0.4 is 0 Å². The first-order valence-electron chi connectivity index (χ1n) is 7.98. The quantitative estimate of drug-likeness (QED) is 0.877. The summed E-state index contributed by atoms with van der Waals surface area (Å²) in [5, 5.41) is 23.1. The van der Waals surface area contributed by atoms with Gasteiger partial charge in [-0.25, -0.2) is 4.39 Å². The predicted molar refractivity (Wildman–Crippen MR) is 84.3 cm³/mol. The molecule has 2 heterocycles. The van der Waals surface area contributed by atoms with Gasteiger partial charge in [0.15, 0.2) is 0 Å². The minimum absolute atomic E-state index is 0.195. The highest BCUT2D eigenvalue weighted by atomic mass is 19.1. The second kappa shape index (κ2) is 7.21. The smallest absolute Gasteiger partial charge is 0.123 e. The van der Waals surface area contributed by atoms with Crippen LogP contribution in [0.15, 0.2) is 30.3 Å². The number of aromatic nitrogens is 2. The molecule has 1 atom stereocenters. The van der Waals surface area contributed by atoms with E-state index in [1.807, 2.05) is 16.8 Å². The van der Waals surface area contributed by atoms with Crippen molar-refractivity contribution in [2.24, 2.45) is 0 Å². The van der Waals surface area contributed by atoms with Crippen molar-refractivity contribution >= 4 is 0 Å². The Morgan fingerprint density at radius 3 is 2.91 bits per heavy atom. The van der Waals surface area contributed by atoms with Crippen LogP contribution in [0.5, 0.6) is 0 Å². The van der Waals surface area contributed by atoms with E-state index in [1.54, 1.807) is 12.1 Å². The lowest BCUT2D eigenvalue weighted by atomic mass is 10.1. The molecular weight excluding hydrogens is 297 g/mol. The average Bonchev–Trinajstić information content (AvgIpc) is 2.85. The lowest BCUT2D eigenvalue weighted by molar-refractivity contribution is 0.0916. The van der Waals surface area contributed by atoms with Gasteiger partial charge in [-0.05, 0) is 36.6 Å². The first-order valence-corrected chi connectivity index (χ1v) is 7.98. The van der Waals surface area contributed by atoms with Crippen LogP contribution in [0.1, 0.15) is 29.5 Å². The first-order chi connectivity index (χ1) is 11.2. The van der Waals surface area contributed by atoms with Gasteiger partial charge < -0.3 is 10.2 Å². The molecule has 0 amide bonds. The van der Waals surface area contributed by atoms with Gasteiger partial charge in [-0.15, -0.1) is 0 Å². The fourth-order valence-electron chi connectivity index (χ4n) is 2.98. The largest absolute Gasteiger partial charge is 0.393 e. The Morgan fingerprint density at radius 2 is 2.13 bits per heavy atom. The van der Waals surface area contributed by atoms with E-state index in [0.717, 1.165) is 50.3 Å². The molecule has 0 saturated carbocycles. The summed E-state index contributed by atoms with van der Waals surface area (Å²) in [7, 11) is 0. The maximum absolute atomic E-state index is 13.2. The zero-order valence-electron chi connectivity index (χ0n) is 13.0. The predicted octanol–water partition coefficient (Wildman–Crippen LogP) is 1.50. The van der Waals surface area contributed by atoms with E-state index >= 15 is 0 Å². The highest BCUT2D eigenvalue weighted by molar-refractivity contribution is 5.17. The molecular formula is C17H22FN3O2. The summed E-state index contributed by atoms with van der Waals surface area (Å²) in [5.74, 6) is -0.195. The number of aliphatic hydroxyl groups is 2. The van der Waals surface area contributed by atoms with E-state index in [-0.39, 0.29) is 12.4 Å². The molecule has 0 spiro atoms. The van der Waals surface area contributed by atoms with Crippen molar-refractivity contribution in [1.82, 2.24) is 14.7 Å². The van der Waals surface area contributed by atoms with Gasteiger partial charge in [0, 0.05) is 26.2 Å². The van der Waals surface area contributed by atoms with Crippen LogP contribution in [0.4, 0.5) is 4.39 Å². The summed E-state index contributed by atoms with van der Waals surface area (Å²) < 4.78 is 15.2. The second-order valence-corrected chi connectivity index (χ2v) is 5.99. The molecule has 0 unspecified atom stereocenters. The molecule has 1 aliphatic heterocycles. The van der Waals surface area contributed by atoms with Crippen molar-refractivity contribution in [2.45, 2.75) is 32.0 Å². The topological polar surface area (TPSA) is 61.5 Å². The van der Waals surface area contributed by atoms with Gasteiger partial charge in [0.1, 0.15) is 11.9 Å². The van der Waals surface area contributed by atoms with E-state index in [2.05, 4.69) is 10.00 Å². The van der Waals surface area contributed by atoms with Crippen LogP contribution in [0, 0.1) is 5.82 Å². The summed E-state index contributed by atoms with van der Waals surface area (Å²) in [4.78, 5) is 2.32. The van der Waals surface area contributed by atoms with Crippen molar-refractivity contribution < 1.29 is 14.6 Å². The minimum atomic E-state index is -0.921. The number of benzene rings is 1. The number of nitrogens with zero attached hydrogens (tertiary/aromatic N) is 3. The van der Waals surface area contributed by atoms with Crippen molar-refractivity contribution in [3.05, 3.63) is 53.1 Å². The summed E-state index contributed by atoms with van der Waals surface area (Å²) in [6.07, 6.45) is 0.861. The zero-order valence-corrected chi connectivity index (χ0v) is 13.0. The SMILES string of the molecule is OC[C@H](O)c1cc2n(n1)CCCN(CCc1cccc(F)c1)C2. The van der Waals surface area contributed by atoms with Crippen LogP contribution >= 0.6 is 0 Å². The molecule has 6 heteroatoms. The third-order valence-corrected chi connectivity index (χ3v) is 4.23. The fraction of sp³-hybridized carbons (Fsp3) is 0.471. The maximum atomic E-state index is 13.2. The molecule has 124 valence electrons. The molecule has 23 heavy (non-hydrogen) atoms. The van der Waals surface area contributed by atoms with E-state index in [0.29, 0.717) is 5.69 Å². The molecule has 1 aliphatic rings. The molecule has 0 aliphatic carbocycles. The summed E-state index contributed by atoms with van der Waals surface area (Å²) in [6, 6.07) is 8.59. The standard InChI is InChI=1S/C17H22FN3O2/c18-14-4-1-3-13(9-14)5-8-20-6-2-7-21-15(11-20)10-16(19-21)17(23)12-22/h1,3-4,9-10,17,22-23H,2,5-8,11-12H2/t17-/m0/s1. The third-order valence-electron chi connectivity index (χ3n) is 4.23. The van der Waals surface area contributed by atoms with E-state index in [9.17, 15) is 9.50 Å². The Hall–Kier alpha value is -1.76. The first kappa shape index (κ1) is 16.1. The van der Waals surface area contributed by atoms with Crippen molar-refractivity contribution in [3.63, 3.8) is 0 Å². The van der Waals surface area contributed by atoms with Gasteiger partial charge in [0.2, 0.25) is 0 Å². The Balaban J connectivity index is 1.65.